The zero-order valence-corrected chi connectivity index (χ0v) is 18.0. The summed E-state index contributed by atoms with van der Waals surface area (Å²) in [6.45, 7) is 4.29. The Morgan fingerprint density at radius 3 is 2.52 bits per heavy atom. The van der Waals surface area contributed by atoms with Gasteiger partial charge in [-0.05, 0) is 62.1 Å². The molecule has 164 valence electrons. The maximum atomic E-state index is 13.3. The van der Waals surface area contributed by atoms with Crippen molar-refractivity contribution in [1.29, 1.82) is 0 Å². The molecule has 0 radical (unpaired) electrons. The highest BCUT2D eigenvalue weighted by molar-refractivity contribution is 7.89. The van der Waals surface area contributed by atoms with E-state index in [1.54, 1.807) is 24.2 Å². The number of carbonyl (C=O) groups excluding carboxylic acids is 1. The van der Waals surface area contributed by atoms with Crippen LogP contribution in [0, 0.1) is 11.6 Å². The van der Waals surface area contributed by atoms with E-state index in [0.717, 1.165) is 41.1 Å². The fourth-order valence-corrected chi connectivity index (χ4v) is 5.23. The van der Waals surface area contributed by atoms with Crippen LogP contribution in [-0.4, -0.2) is 42.0 Å². The summed E-state index contributed by atoms with van der Waals surface area (Å²) in [6, 6.07) is 10.2. The minimum atomic E-state index is -3.28. The first-order valence-electron chi connectivity index (χ1n) is 10.0. The van der Waals surface area contributed by atoms with Gasteiger partial charge < -0.3 is 10.3 Å². The number of sulfonamides is 1. The Hall–Kier alpha value is -2.78. The average Bonchev–Trinajstić information content (AvgIpc) is 3.34. The third-order valence-corrected chi connectivity index (χ3v) is 7.83. The molecule has 9 heteroatoms. The highest BCUT2D eigenvalue weighted by atomic mass is 32.2. The second-order valence-corrected chi connectivity index (χ2v) is 10.6. The van der Waals surface area contributed by atoms with Crippen molar-refractivity contribution < 1.29 is 22.0 Å². The van der Waals surface area contributed by atoms with Crippen molar-refractivity contribution in [2.75, 3.05) is 18.4 Å². The monoisotopic (exact) mass is 447 g/mol. The number of benzene rings is 2. The van der Waals surface area contributed by atoms with Crippen LogP contribution in [0.4, 0.5) is 14.5 Å². The van der Waals surface area contributed by atoms with Crippen molar-refractivity contribution in [2.45, 2.75) is 31.4 Å². The Labute approximate surface area is 179 Å². The SMILES string of the molecule is CC(C)S(=O)(=O)N1CCC(c2ccc3[nH]c(C(=O)Nc4cc(F)cc(F)c4)cc3c2)C1. The van der Waals surface area contributed by atoms with E-state index < -0.39 is 32.8 Å². The van der Waals surface area contributed by atoms with E-state index in [1.165, 1.54) is 0 Å². The van der Waals surface area contributed by atoms with Gasteiger partial charge in [-0.1, -0.05) is 6.07 Å². The normalized spacial score (nSPS) is 17.5. The van der Waals surface area contributed by atoms with Gasteiger partial charge in [0.15, 0.2) is 0 Å². The number of H-pyrrole nitrogens is 1. The number of halogens is 2. The molecule has 6 nitrogen and oxygen atoms in total. The molecule has 0 bridgehead atoms. The number of fused-ring (bicyclic) bond motifs is 1. The Kier molecular flexibility index (Phi) is 5.57. The molecule has 1 aliphatic heterocycles. The lowest BCUT2D eigenvalue weighted by Crippen LogP contribution is -2.34. The van der Waals surface area contributed by atoms with Crippen molar-refractivity contribution in [3.8, 4) is 0 Å². The summed E-state index contributed by atoms with van der Waals surface area (Å²) in [5, 5.41) is 2.83. The number of amides is 1. The maximum Gasteiger partial charge on any atom is 0.272 e. The second kappa shape index (κ2) is 8.05. The summed E-state index contributed by atoms with van der Waals surface area (Å²) in [6.07, 6.45) is 0.736. The van der Waals surface area contributed by atoms with Crippen LogP contribution in [-0.2, 0) is 10.0 Å². The van der Waals surface area contributed by atoms with Crippen LogP contribution in [0.3, 0.4) is 0 Å². The predicted molar refractivity (Wildman–Crippen MR) is 116 cm³/mol. The molecular formula is C22H23F2N3O3S. The van der Waals surface area contributed by atoms with E-state index in [2.05, 4.69) is 10.3 Å². The lowest BCUT2D eigenvalue weighted by Gasteiger charge is -2.19. The number of aromatic amines is 1. The zero-order chi connectivity index (χ0) is 22.3. The summed E-state index contributed by atoms with van der Waals surface area (Å²) in [5.41, 5.74) is 2.03. The molecule has 0 spiro atoms. The van der Waals surface area contributed by atoms with Crippen molar-refractivity contribution >= 4 is 32.5 Å². The third-order valence-electron chi connectivity index (χ3n) is 5.59. The minimum Gasteiger partial charge on any atom is -0.351 e. The molecule has 1 aromatic heterocycles. The summed E-state index contributed by atoms with van der Waals surface area (Å²) >= 11 is 0. The van der Waals surface area contributed by atoms with Gasteiger partial charge in [-0.2, -0.15) is 0 Å². The number of anilines is 1. The first-order valence-corrected chi connectivity index (χ1v) is 11.5. The topological polar surface area (TPSA) is 82.3 Å². The van der Waals surface area contributed by atoms with Crippen LogP contribution >= 0.6 is 0 Å². The van der Waals surface area contributed by atoms with E-state index >= 15 is 0 Å². The molecule has 4 rings (SSSR count). The van der Waals surface area contributed by atoms with Crippen molar-refractivity contribution in [2.24, 2.45) is 0 Å². The van der Waals surface area contributed by atoms with Gasteiger partial charge in [0.05, 0.1) is 5.25 Å². The highest BCUT2D eigenvalue weighted by Crippen LogP contribution is 2.32. The summed E-state index contributed by atoms with van der Waals surface area (Å²) in [4.78, 5) is 15.5. The van der Waals surface area contributed by atoms with E-state index in [4.69, 9.17) is 0 Å². The lowest BCUT2D eigenvalue weighted by atomic mass is 9.97. The number of rotatable bonds is 5. The smallest absolute Gasteiger partial charge is 0.272 e. The van der Waals surface area contributed by atoms with Gasteiger partial charge in [-0.25, -0.2) is 21.5 Å². The molecule has 1 atom stereocenters. The molecule has 31 heavy (non-hydrogen) atoms. The van der Waals surface area contributed by atoms with Crippen molar-refractivity contribution in [3.63, 3.8) is 0 Å². The van der Waals surface area contributed by atoms with Crippen LogP contribution in [0.2, 0.25) is 0 Å². The molecule has 0 saturated carbocycles. The quantitative estimate of drug-likeness (QED) is 0.614. The van der Waals surface area contributed by atoms with Crippen LogP contribution in [0.5, 0.6) is 0 Å². The molecule has 1 aliphatic rings. The number of hydrogen-bond acceptors (Lipinski definition) is 3. The average molecular weight is 448 g/mol. The summed E-state index contributed by atoms with van der Waals surface area (Å²) in [5.74, 6) is -1.98. The highest BCUT2D eigenvalue weighted by Gasteiger charge is 2.33. The third kappa shape index (κ3) is 4.33. The molecule has 1 amide bonds. The van der Waals surface area contributed by atoms with Gasteiger partial charge in [-0.3, -0.25) is 4.79 Å². The maximum absolute atomic E-state index is 13.3. The molecule has 2 heterocycles. The van der Waals surface area contributed by atoms with Crippen LogP contribution < -0.4 is 5.32 Å². The molecule has 1 unspecified atom stereocenters. The Morgan fingerprint density at radius 2 is 1.84 bits per heavy atom. The second-order valence-electron chi connectivity index (χ2n) is 8.08. The Bertz CT molecular complexity index is 1230. The first-order chi connectivity index (χ1) is 14.6. The van der Waals surface area contributed by atoms with E-state index in [0.29, 0.717) is 13.1 Å². The summed E-state index contributed by atoms with van der Waals surface area (Å²) < 4.78 is 53.1. The van der Waals surface area contributed by atoms with E-state index in [9.17, 15) is 22.0 Å². The molecule has 2 aromatic carbocycles. The number of nitrogens with one attached hydrogen (secondary N) is 2. The standard InChI is InChI=1S/C22H23F2N3O3S/c1-13(2)31(29,30)27-6-5-15(12-27)14-3-4-20-16(7-14)8-21(26-20)22(28)25-19-10-17(23)9-18(24)11-19/h3-4,7-11,13,15,26H,5-6,12H2,1-2H3,(H,25,28). The van der Waals surface area contributed by atoms with Gasteiger partial charge >= 0.3 is 0 Å². The van der Waals surface area contributed by atoms with Gasteiger partial charge in [0, 0.05) is 35.7 Å². The van der Waals surface area contributed by atoms with Gasteiger partial charge in [0.25, 0.3) is 5.91 Å². The fourth-order valence-electron chi connectivity index (χ4n) is 3.88. The first kappa shape index (κ1) is 21.5. The number of carbonyl (C=O) groups is 1. The van der Waals surface area contributed by atoms with Crippen molar-refractivity contribution in [3.05, 3.63) is 65.4 Å². The molecule has 0 aliphatic carbocycles. The lowest BCUT2D eigenvalue weighted by molar-refractivity contribution is 0.102. The van der Waals surface area contributed by atoms with Gasteiger partial charge in [-0.15, -0.1) is 0 Å². The summed E-state index contributed by atoms with van der Waals surface area (Å²) in [7, 11) is -3.28. The van der Waals surface area contributed by atoms with E-state index in [-0.39, 0.29) is 17.3 Å². The largest absolute Gasteiger partial charge is 0.351 e. The Morgan fingerprint density at radius 1 is 1.13 bits per heavy atom. The van der Waals surface area contributed by atoms with E-state index in [1.807, 2.05) is 18.2 Å². The fraction of sp³-hybridized carbons (Fsp3) is 0.318. The van der Waals surface area contributed by atoms with Gasteiger partial charge in [0.2, 0.25) is 10.0 Å². The van der Waals surface area contributed by atoms with Gasteiger partial charge in [0.1, 0.15) is 17.3 Å². The molecule has 1 saturated heterocycles. The van der Waals surface area contributed by atoms with Crippen molar-refractivity contribution in [1.82, 2.24) is 9.29 Å². The number of nitrogens with zero attached hydrogens (tertiary/aromatic N) is 1. The molecule has 2 N–H and O–H groups in total. The molecule has 3 aromatic rings. The number of hydrogen-bond donors (Lipinski definition) is 2. The predicted octanol–water partition coefficient (Wildman–Crippen LogP) is 4.23. The molecule has 1 fully saturated rings. The Balaban J connectivity index is 1.53. The zero-order valence-electron chi connectivity index (χ0n) is 17.2. The molecular weight excluding hydrogens is 424 g/mol. The number of aromatic nitrogens is 1. The van der Waals surface area contributed by atoms with Crippen LogP contribution in [0.25, 0.3) is 10.9 Å². The van der Waals surface area contributed by atoms with Crippen LogP contribution in [0.1, 0.15) is 42.2 Å². The minimum absolute atomic E-state index is 0.0271. The van der Waals surface area contributed by atoms with Crippen LogP contribution in [0.15, 0.2) is 42.5 Å².